The Labute approximate surface area is 96.7 Å². The first kappa shape index (κ1) is 9.59. The molecule has 5 heteroatoms. The zero-order chi connectivity index (χ0) is 11.3. The number of aromatic nitrogens is 2. The average Bonchev–Trinajstić information content (AvgIpc) is 2.87. The van der Waals surface area contributed by atoms with Gasteiger partial charge < -0.3 is 5.32 Å². The van der Waals surface area contributed by atoms with Gasteiger partial charge >= 0.3 is 0 Å². The number of hydrogen-bond acceptors (Lipinski definition) is 3. The molecule has 0 bridgehead atoms. The highest BCUT2D eigenvalue weighted by Crippen LogP contribution is 2.41. The minimum atomic E-state index is -0.121. The number of aryl methyl sites for hydroxylation is 1. The number of carbonyl (C=O) groups excluding carboxylic acids is 1. The van der Waals surface area contributed by atoms with Crippen LogP contribution < -0.4 is 5.32 Å². The van der Waals surface area contributed by atoms with Gasteiger partial charge in [0.25, 0.3) is 5.91 Å². The second-order valence-electron chi connectivity index (χ2n) is 3.89. The van der Waals surface area contributed by atoms with E-state index in [0.717, 1.165) is 17.7 Å². The van der Waals surface area contributed by atoms with E-state index < -0.39 is 0 Å². The summed E-state index contributed by atoms with van der Waals surface area (Å²) in [4.78, 5) is 14.1. The van der Waals surface area contributed by atoms with Crippen molar-refractivity contribution >= 4 is 17.2 Å². The van der Waals surface area contributed by atoms with Crippen LogP contribution in [0.3, 0.4) is 0 Å². The van der Waals surface area contributed by atoms with Crippen molar-refractivity contribution in [3.05, 3.63) is 27.8 Å². The van der Waals surface area contributed by atoms with Gasteiger partial charge in [0.2, 0.25) is 0 Å². The summed E-state index contributed by atoms with van der Waals surface area (Å²) in [5.74, 6) is -0.121. The molecule has 82 valence electrons. The van der Waals surface area contributed by atoms with E-state index in [1.165, 1.54) is 15.3 Å². The smallest absolute Gasteiger partial charge is 0.271 e. The van der Waals surface area contributed by atoms with Gasteiger partial charge in [-0.25, -0.2) is 0 Å². The van der Waals surface area contributed by atoms with E-state index in [9.17, 15) is 4.79 Å². The maximum atomic E-state index is 11.6. The fourth-order valence-electron chi connectivity index (χ4n) is 2.13. The lowest BCUT2D eigenvalue weighted by Gasteiger charge is -1.96. The Bertz CT molecular complexity index is 582. The summed E-state index contributed by atoms with van der Waals surface area (Å²) < 4.78 is 0. The number of carbonyl (C=O) groups is 1. The van der Waals surface area contributed by atoms with Gasteiger partial charge in [-0.15, -0.1) is 11.3 Å². The Balaban J connectivity index is 2.13. The number of aromatic amines is 1. The first-order valence-corrected chi connectivity index (χ1v) is 5.91. The van der Waals surface area contributed by atoms with Crippen molar-refractivity contribution < 1.29 is 4.79 Å². The van der Waals surface area contributed by atoms with E-state index in [-0.39, 0.29) is 5.91 Å². The molecule has 3 rings (SSSR count). The molecule has 0 fully saturated rings. The van der Waals surface area contributed by atoms with Crippen LogP contribution in [-0.2, 0) is 6.42 Å². The van der Waals surface area contributed by atoms with Gasteiger partial charge in [0.15, 0.2) is 5.69 Å². The first-order chi connectivity index (χ1) is 7.70. The number of thiophene rings is 1. The number of amides is 1. The summed E-state index contributed by atoms with van der Waals surface area (Å²) in [6, 6.07) is 2.18. The minimum absolute atomic E-state index is 0.121. The molecule has 0 unspecified atom stereocenters. The summed E-state index contributed by atoms with van der Waals surface area (Å²) >= 11 is 1.75. The lowest BCUT2D eigenvalue weighted by atomic mass is 10.1. The number of nitrogens with one attached hydrogen (secondary N) is 2. The predicted molar refractivity (Wildman–Crippen MR) is 62.8 cm³/mol. The number of H-pyrrole nitrogens is 1. The molecule has 2 aromatic heterocycles. The maximum Gasteiger partial charge on any atom is 0.271 e. The standard InChI is InChI=1S/C11H11N3OS/c1-5-3-6-4-7-8(10(6)16-5)13-14-9(7)11(15)12-2/h3H,4H2,1-2H3,(H,12,15)(H,13,14). The first-order valence-electron chi connectivity index (χ1n) is 5.09. The number of nitrogens with zero attached hydrogens (tertiary/aromatic N) is 1. The van der Waals surface area contributed by atoms with Gasteiger partial charge in [-0.05, 0) is 18.6 Å². The molecular formula is C11H11N3OS. The molecule has 0 aromatic carbocycles. The van der Waals surface area contributed by atoms with Crippen molar-refractivity contribution in [3.8, 4) is 10.6 Å². The molecule has 1 aliphatic rings. The highest BCUT2D eigenvalue weighted by Gasteiger charge is 2.28. The number of fused-ring (bicyclic) bond motifs is 3. The Kier molecular flexibility index (Phi) is 1.91. The van der Waals surface area contributed by atoms with Crippen molar-refractivity contribution in [2.24, 2.45) is 0 Å². The molecule has 2 aromatic rings. The molecule has 4 nitrogen and oxygen atoms in total. The molecule has 2 heterocycles. The summed E-state index contributed by atoms with van der Waals surface area (Å²) in [6.07, 6.45) is 0.814. The molecule has 0 spiro atoms. The van der Waals surface area contributed by atoms with Gasteiger partial charge in [-0.2, -0.15) is 5.10 Å². The van der Waals surface area contributed by atoms with Crippen LogP contribution in [0.15, 0.2) is 6.07 Å². The summed E-state index contributed by atoms with van der Waals surface area (Å²) in [7, 11) is 1.62. The Morgan fingerprint density at radius 3 is 3.19 bits per heavy atom. The molecule has 16 heavy (non-hydrogen) atoms. The maximum absolute atomic E-state index is 11.6. The molecule has 1 aliphatic carbocycles. The number of hydrogen-bond donors (Lipinski definition) is 2. The summed E-state index contributed by atoms with van der Waals surface area (Å²) in [5, 5.41) is 9.67. The quantitative estimate of drug-likeness (QED) is 0.672. The molecule has 2 N–H and O–H groups in total. The van der Waals surface area contributed by atoms with Crippen LogP contribution in [0.2, 0.25) is 0 Å². The fourth-order valence-corrected chi connectivity index (χ4v) is 3.19. The Morgan fingerprint density at radius 2 is 2.44 bits per heavy atom. The third-order valence-electron chi connectivity index (χ3n) is 2.84. The third-order valence-corrected chi connectivity index (χ3v) is 3.95. The Hall–Kier alpha value is -1.62. The molecule has 0 saturated heterocycles. The third kappa shape index (κ3) is 1.15. The molecular weight excluding hydrogens is 222 g/mol. The second-order valence-corrected chi connectivity index (χ2v) is 5.15. The highest BCUT2D eigenvalue weighted by atomic mass is 32.1. The lowest BCUT2D eigenvalue weighted by Crippen LogP contribution is -2.19. The summed E-state index contributed by atoms with van der Waals surface area (Å²) in [6.45, 7) is 2.10. The zero-order valence-corrected chi connectivity index (χ0v) is 9.86. The average molecular weight is 233 g/mol. The van der Waals surface area contributed by atoms with Crippen LogP contribution in [-0.4, -0.2) is 23.2 Å². The SMILES string of the molecule is CNC(=O)c1n[nH]c2c1Cc1cc(C)sc1-2. The summed E-state index contributed by atoms with van der Waals surface area (Å²) in [5.41, 5.74) is 3.88. The second kappa shape index (κ2) is 3.18. The van der Waals surface area contributed by atoms with Crippen LogP contribution in [0.5, 0.6) is 0 Å². The van der Waals surface area contributed by atoms with Crippen molar-refractivity contribution in [3.63, 3.8) is 0 Å². The van der Waals surface area contributed by atoms with E-state index >= 15 is 0 Å². The fraction of sp³-hybridized carbons (Fsp3) is 0.273. The largest absolute Gasteiger partial charge is 0.354 e. The molecule has 0 radical (unpaired) electrons. The van der Waals surface area contributed by atoms with Gasteiger partial charge in [0, 0.05) is 23.9 Å². The van der Waals surface area contributed by atoms with Crippen LogP contribution in [0.4, 0.5) is 0 Å². The van der Waals surface area contributed by atoms with Gasteiger partial charge in [-0.3, -0.25) is 9.89 Å². The molecule has 1 amide bonds. The van der Waals surface area contributed by atoms with E-state index in [4.69, 9.17) is 0 Å². The monoisotopic (exact) mass is 233 g/mol. The van der Waals surface area contributed by atoms with Gasteiger partial charge in [-0.1, -0.05) is 0 Å². The molecule has 0 aliphatic heterocycles. The van der Waals surface area contributed by atoms with Crippen molar-refractivity contribution in [2.75, 3.05) is 7.05 Å². The van der Waals surface area contributed by atoms with Crippen LogP contribution >= 0.6 is 11.3 Å². The molecule has 0 saturated carbocycles. The van der Waals surface area contributed by atoms with Crippen molar-refractivity contribution in [1.82, 2.24) is 15.5 Å². The van der Waals surface area contributed by atoms with Crippen molar-refractivity contribution in [2.45, 2.75) is 13.3 Å². The van der Waals surface area contributed by atoms with Gasteiger partial charge in [0.1, 0.15) is 0 Å². The van der Waals surface area contributed by atoms with Crippen LogP contribution in [0, 0.1) is 6.92 Å². The zero-order valence-electron chi connectivity index (χ0n) is 9.05. The Morgan fingerprint density at radius 1 is 1.62 bits per heavy atom. The topological polar surface area (TPSA) is 57.8 Å². The van der Waals surface area contributed by atoms with Crippen LogP contribution in [0.1, 0.15) is 26.5 Å². The van der Waals surface area contributed by atoms with E-state index in [1.54, 1.807) is 18.4 Å². The van der Waals surface area contributed by atoms with E-state index in [2.05, 4.69) is 28.5 Å². The molecule has 0 atom stereocenters. The predicted octanol–water partition coefficient (Wildman–Crippen LogP) is 1.71. The van der Waals surface area contributed by atoms with E-state index in [1.807, 2.05) is 0 Å². The normalized spacial score (nSPS) is 12.4. The van der Waals surface area contributed by atoms with E-state index in [0.29, 0.717) is 5.69 Å². The lowest BCUT2D eigenvalue weighted by molar-refractivity contribution is 0.0957. The van der Waals surface area contributed by atoms with Gasteiger partial charge in [0.05, 0.1) is 10.6 Å². The number of rotatable bonds is 1. The minimum Gasteiger partial charge on any atom is -0.354 e. The van der Waals surface area contributed by atoms with Crippen molar-refractivity contribution in [1.29, 1.82) is 0 Å². The highest BCUT2D eigenvalue weighted by molar-refractivity contribution is 7.15. The van der Waals surface area contributed by atoms with Crippen LogP contribution in [0.25, 0.3) is 10.6 Å².